The molecule has 25 heavy (non-hydrogen) atoms. The first-order valence-electron chi connectivity index (χ1n) is 10.4. The Morgan fingerprint density at radius 2 is 1.60 bits per heavy atom. The summed E-state index contributed by atoms with van der Waals surface area (Å²) in [4.78, 5) is 11.6. The molecule has 0 spiro atoms. The third-order valence-electron chi connectivity index (χ3n) is 4.14. The molecule has 0 bridgehead atoms. The fourth-order valence-corrected chi connectivity index (χ4v) is 3.54. The van der Waals surface area contributed by atoms with Crippen LogP contribution in [-0.2, 0) is 9.22 Å². The lowest BCUT2D eigenvalue weighted by atomic mass is 10.1. The molecule has 148 valence electrons. The second-order valence-corrected chi connectivity index (χ2v) is 12.5. The van der Waals surface area contributed by atoms with Gasteiger partial charge in [0.15, 0.2) is 0 Å². The number of aliphatic hydroxyl groups is 1. The molecule has 3 nitrogen and oxygen atoms in total. The Hall–Kier alpha value is -0.613. The van der Waals surface area contributed by atoms with Crippen LogP contribution in [0, 0.1) is 0 Å². The first-order valence-corrected chi connectivity index (χ1v) is 13.8. The van der Waals surface area contributed by atoms with E-state index in [4.69, 9.17) is 4.43 Å². The summed E-state index contributed by atoms with van der Waals surface area (Å²) in [6, 6.07) is 0. The van der Waals surface area contributed by atoms with Gasteiger partial charge in [0.2, 0.25) is 8.32 Å². The van der Waals surface area contributed by atoms with Crippen molar-refractivity contribution >= 4 is 14.3 Å². The molecule has 0 aromatic heterocycles. The molecule has 0 unspecified atom stereocenters. The van der Waals surface area contributed by atoms with Crippen LogP contribution in [0.4, 0.5) is 0 Å². The molecule has 0 aromatic carbocycles. The van der Waals surface area contributed by atoms with Crippen LogP contribution in [-0.4, -0.2) is 25.5 Å². The molecule has 0 radical (unpaired) electrons. The minimum atomic E-state index is -1.71. The summed E-state index contributed by atoms with van der Waals surface area (Å²) in [5.41, 5.74) is 0. The lowest BCUT2D eigenvalue weighted by Gasteiger charge is -2.17. The van der Waals surface area contributed by atoms with Crippen LogP contribution in [0.5, 0.6) is 0 Å². The molecule has 0 saturated carbocycles. The van der Waals surface area contributed by atoms with E-state index in [-0.39, 0.29) is 12.1 Å². The van der Waals surface area contributed by atoms with Gasteiger partial charge in [-0.25, -0.2) is 0 Å². The Morgan fingerprint density at radius 3 is 2.28 bits per heavy atom. The minimum absolute atomic E-state index is 0.0182. The maximum absolute atomic E-state index is 11.6. The van der Waals surface area contributed by atoms with Gasteiger partial charge in [0.25, 0.3) is 5.97 Å². The zero-order valence-electron chi connectivity index (χ0n) is 17.2. The number of allylic oxidation sites excluding steroid dienone is 1. The van der Waals surface area contributed by atoms with Crippen molar-refractivity contribution in [1.29, 1.82) is 0 Å². The predicted octanol–water partition coefficient (Wildman–Crippen LogP) is 6.37. The smallest absolute Gasteiger partial charge is 0.292 e. The van der Waals surface area contributed by atoms with E-state index in [9.17, 15) is 9.90 Å². The van der Waals surface area contributed by atoms with Gasteiger partial charge in [-0.1, -0.05) is 64.0 Å². The number of carbonyl (C=O) groups is 1. The van der Waals surface area contributed by atoms with Gasteiger partial charge in [0, 0.05) is 6.42 Å². The highest BCUT2D eigenvalue weighted by Gasteiger charge is 2.19. The highest BCUT2D eigenvalue weighted by molar-refractivity contribution is 6.71. The van der Waals surface area contributed by atoms with E-state index in [1.54, 1.807) is 0 Å². The van der Waals surface area contributed by atoms with Crippen molar-refractivity contribution in [2.75, 3.05) is 0 Å². The summed E-state index contributed by atoms with van der Waals surface area (Å²) in [7, 11) is -1.71. The van der Waals surface area contributed by atoms with Crippen molar-refractivity contribution in [3.8, 4) is 0 Å². The van der Waals surface area contributed by atoms with E-state index in [1.165, 1.54) is 38.5 Å². The number of hydrogen-bond acceptors (Lipinski definition) is 3. The number of rotatable bonds is 16. The van der Waals surface area contributed by atoms with E-state index >= 15 is 0 Å². The fraction of sp³-hybridized carbons (Fsp3) is 0.857. The van der Waals surface area contributed by atoms with Crippen LogP contribution in [0.3, 0.4) is 0 Å². The average Bonchev–Trinajstić information content (AvgIpc) is 2.51. The largest absolute Gasteiger partial charge is 0.520 e. The molecule has 0 aliphatic heterocycles. The van der Waals surface area contributed by atoms with Gasteiger partial charge in [-0.3, -0.25) is 4.79 Å². The van der Waals surface area contributed by atoms with Crippen molar-refractivity contribution < 1.29 is 14.3 Å². The molecule has 0 amide bonds. The summed E-state index contributed by atoms with van der Waals surface area (Å²) >= 11 is 0. The first kappa shape index (κ1) is 24.4. The lowest BCUT2D eigenvalue weighted by molar-refractivity contribution is -0.135. The molecule has 0 aromatic rings. The quantitative estimate of drug-likeness (QED) is 0.195. The Labute approximate surface area is 157 Å². The molecular formula is C21H42O3Si. The highest BCUT2D eigenvalue weighted by Crippen LogP contribution is 2.12. The number of unbranched alkanes of at least 4 members (excludes halogenated alkanes) is 8. The van der Waals surface area contributed by atoms with E-state index in [1.807, 2.05) is 19.6 Å². The summed E-state index contributed by atoms with van der Waals surface area (Å²) in [5, 5.41) is 9.88. The maximum Gasteiger partial charge on any atom is 0.292 e. The highest BCUT2D eigenvalue weighted by atomic mass is 28.4. The molecule has 1 N–H and O–H groups in total. The second-order valence-electron chi connectivity index (χ2n) is 8.10. The second kappa shape index (κ2) is 15.6. The van der Waals surface area contributed by atoms with Gasteiger partial charge in [-0.15, -0.1) is 0 Å². The summed E-state index contributed by atoms with van der Waals surface area (Å²) in [6.45, 7) is 8.35. The molecule has 0 fully saturated rings. The first-order chi connectivity index (χ1) is 11.8. The Kier molecular flexibility index (Phi) is 15.2. The van der Waals surface area contributed by atoms with Crippen LogP contribution in [0.15, 0.2) is 12.2 Å². The Morgan fingerprint density at radius 1 is 0.960 bits per heavy atom. The van der Waals surface area contributed by atoms with Crippen LogP contribution in [0.1, 0.15) is 90.4 Å². The topological polar surface area (TPSA) is 46.5 Å². The number of hydrogen-bond donors (Lipinski definition) is 1. The monoisotopic (exact) mass is 370 g/mol. The zero-order chi connectivity index (χ0) is 19.0. The average molecular weight is 371 g/mol. The van der Waals surface area contributed by atoms with E-state index < -0.39 is 8.32 Å². The van der Waals surface area contributed by atoms with Gasteiger partial charge in [-0.05, 0) is 51.7 Å². The summed E-state index contributed by atoms with van der Waals surface area (Å²) < 4.78 is 5.44. The summed E-state index contributed by atoms with van der Waals surface area (Å²) in [6.07, 6.45) is 18.2. The molecule has 0 saturated heterocycles. The zero-order valence-corrected chi connectivity index (χ0v) is 18.2. The molecular weight excluding hydrogens is 328 g/mol. The molecule has 1 atom stereocenters. The standard InChI is InChI=1S/C21H42O3Si/c1-5-6-7-14-17-20(22)18-15-12-10-8-9-11-13-16-19-21(23)24-25(2,3)4/h12,15,20,22H,5-11,13-14,16-19H2,1-4H3/b15-12-/t20-/m1/s1. The van der Waals surface area contributed by atoms with E-state index in [0.29, 0.717) is 6.42 Å². The minimum Gasteiger partial charge on any atom is -0.520 e. The van der Waals surface area contributed by atoms with Crippen LogP contribution >= 0.6 is 0 Å². The third kappa shape index (κ3) is 19.6. The predicted molar refractivity (Wildman–Crippen MR) is 110 cm³/mol. The maximum atomic E-state index is 11.6. The van der Waals surface area contributed by atoms with E-state index in [2.05, 4.69) is 19.1 Å². The van der Waals surface area contributed by atoms with E-state index in [0.717, 1.165) is 38.5 Å². The lowest BCUT2D eigenvalue weighted by Crippen LogP contribution is -2.28. The summed E-state index contributed by atoms with van der Waals surface area (Å²) in [5.74, 6) is -0.0182. The fourth-order valence-electron chi connectivity index (χ4n) is 2.75. The van der Waals surface area contributed by atoms with Crippen molar-refractivity contribution in [3.05, 3.63) is 12.2 Å². The van der Waals surface area contributed by atoms with Gasteiger partial charge < -0.3 is 9.53 Å². The Bertz CT molecular complexity index is 348. The van der Waals surface area contributed by atoms with Crippen molar-refractivity contribution in [1.82, 2.24) is 0 Å². The molecule has 0 aliphatic carbocycles. The SMILES string of the molecule is CCCCCC[C@@H](O)C/C=C\CCCCCCCC(=O)O[Si](C)(C)C. The number of aliphatic hydroxyl groups excluding tert-OH is 1. The normalized spacial score (nSPS) is 13.3. The molecule has 0 heterocycles. The molecule has 0 aliphatic rings. The molecule has 0 rings (SSSR count). The van der Waals surface area contributed by atoms with Gasteiger partial charge in [-0.2, -0.15) is 0 Å². The van der Waals surface area contributed by atoms with Crippen molar-refractivity contribution in [2.45, 2.75) is 116 Å². The van der Waals surface area contributed by atoms with Crippen LogP contribution in [0.2, 0.25) is 19.6 Å². The van der Waals surface area contributed by atoms with Gasteiger partial charge in [0.1, 0.15) is 0 Å². The Balaban J connectivity index is 3.39. The van der Waals surface area contributed by atoms with Gasteiger partial charge >= 0.3 is 0 Å². The van der Waals surface area contributed by atoms with Gasteiger partial charge in [0.05, 0.1) is 6.10 Å². The van der Waals surface area contributed by atoms with Crippen molar-refractivity contribution in [2.24, 2.45) is 0 Å². The van der Waals surface area contributed by atoms with Crippen molar-refractivity contribution in [3.63, 3.8) is 0 Å². The number of carbonyl (C=O) groups excluding carboxylic acids is 1. The third-order valence-corrected chi connectivity index (χ3v) is 4.98. The van der Waals surface area contributed by atoms with Crippen LogP contribution in [0.25, 0.3) is 0 Å². The van der Waals surface area contributed by atoms with Crippen LogP contribution < -0.4 is 0 Å². The molecule has 4 heteroatoms.